The largest absolute Gasteiger partial charge is 0.342 e. The van der Waals surface area contributed by atoms with Crippen LogP contribution in [0.5, 0.6) is 0 Å². The van der Waals surface area contributed by atoms with Gasteiger partial charge in [-0.2, -0.15) is 5.10 Å². The molecule has 0 bridgehead atoms. The molecule has 6 heteroatoms. The summed E-state index contributed by atoms with van der Waals surface area (Å²) in [5, 5.41) is 7.45. The third-order valence-electron chi connectivity index (χ3n) is 6.24. The van der Waals surface area contributed by atoms with Gasteiger partial charge in [0.05, 0.1) is 23.9 Å². The van der Waals surface area contributed by atoms with Crippen molar-refractivity contribution in [2.24, 2.45) is 11.8 Å². The van der Waals surface area contributed by atoms with Crippen molar-refractivity contribution in [3.8, 4) is 0 Å². The summed E-state index contributed by atoms with van der Waals surface area (Å²) in [7, 11) is 1.85. The van der Waals surface area contributed by atoms with Crippen molar-refractivity contribution in [3.63, 3.8) is 0 Å². The molecule has 0 spiro atoms. The number of carbonyl (C=O) groups excluding carboxylic acids is 2. The van der Waals surface area contributed by atoms with Crippen molar-refractivity contribution in [1.82, 2.24) is 20.0 Å². The van der Waals surface area contributed by atoms with Crippen LogP contribution in [0.2, 0.25) is 0 Å². The minimum absolute atomic E-state index is 0.0132. The SMILES string of the molecule is CN(Cc1cc(C(C)(C)C)n[nH]1)C(=O)[C@H]1CCC(=O)N(CC2CCCCC2)C1. The fraction of sp³-hybridized carbons (Fsp3) is 0.773. The fourth-order valence-corrected chi connectivity index (χ4v) is 4.45. The Bertz CT molecular complexity index is 685. The minimum atomic E-state index is -0.0868. The van der Waals surface area contributed by atoms with Gasteiger partial charge in [-0.25, -0.2) is 0 Å². The van der Waals surface area contributed by atoms with Gasteiger partial charge in [-0.05, 0) is 31.2 Å². The summed E-state index contributed by atoms with van der Waals surface area (Å²) in [4.78, 5) is 29.1. The molecule has 6 nitrogen and oxygen atoms in total. The molecular formula is C22H36N4O2. The monoisotopic (exact) mass is 388 g/mol. The van der Waals surface area contributed by atoms with Gasteiger partial charge in [0.15, 0.2) is 0 Å². The van der Waals surface area contributed by atoms with Gasteiger partial charge in [0, 0.05) is 32.0 Å². The molecule has 1 atom stereocenters. The maximum Gasteiger partial charge on any atom is 0.227 e. The van der Waals surface area contributed by atoms with E-state index >= 15 is 0 Å². The molecule has 1 aromatic rings. The highest BCUT2D eigenvalue weighted by molar-refractivity contribution is 5.83. The highest BCUT2D eigenvalue weighted by Crippen LogP contribution is 2.28. The van der Waals surface area contributed by atoms with Crippen LogP contribution in [0.1, 0.15) is 77.1 Å². The maximum absolute atomic E-state index is 13.0. The van der Waals surface area contributed by atoms with E-state index in [-0.39, 0.29) is 23.1 Å². The normalized spacial score (nSPS) is 21.8. The summed E-state index contributed by atoms with van der Waals surface area (Å²) in [5.74, 6) is 0.884. The summed E-state index contributed by atoms with van der Waals surface area (Å²) in [6.45, 7) is 8.32. The van der Waals surface area contributed by atoms with Crippen molar-refractivity contribution >= 4 is 11.8 Å². The van der Waals surface area contributed by atoms with E-state index in [4.69, 9.17) is 0 Å². The Balaban J connectivity index is 1.56. The van der Waals surface area contributed by atoms with Gasteiger partial charge >= 0.3 is 0 Å². The lowest BCUT2D eigenvalue weighted by molar-refractivity contribution is -0.143. The number of aromatic amines is 1. The van der Waals surface area contributed by atoms with Crippen molar-refractivity contribution in [3.05, 3.63) is 17.5 Å². The lowest BCUT2D eigenvalue weighted by Gasteiger charge is -2.36. The van der Waals surface area contributed by atoms with Crippen molar-refractivity contribution in [1.29, 1.82) is 0 Å². The summed E-state index contributed by atoms with van der Waals surface area (Å²) in [6.07, 6.45) is 7.48. The highest BCUT2D eigenvalue weighted by Gasteiger charge is 2.33. The zero-order valence-electron chi connectivity index (χ0n) is 18.0. The number of hydrogen-bond acceptors (Lipinski definition) is 3. The van der Waals surface area contributed by atoms with Crippen LogP contribution in [0.25, 0.3) is 0 Å². The second kappa shape index (κ2) is 8.66. The Morgan fingerprint density at radius 3 is 2.61 bits per heavy atom. The van der Waals surface area contributed by atoms with Gasteiger partial charge in [-0.3, -0.25) is 14.7 Å². The Labute approximate surface area is 169 Å². The van der Waals surface area contributed by atoms with Crippen LogP contribution in [-0.4, -0.2) is 51.9 Å². The standard InChI is InChI=1S/C22H36N4O2/c1-22(2,3)19-12-18(23-24-19)15-25(4)21(28)17-10-11-20(27)26(14-17)13-16-8-6-5-7-9-16/h12,16-17H,5-11,13-15H2,1-4H3,(H,23,24)/t17-/m0/s1. The first-order valence-electron chi connectivity index (χ1n) is 10.8. The van der Waals surface area contributed by atoms with Crippen molar-refractivity contribution < 1.29 is 9.59 Å². The lowest BCUT2D eigenvalue weighted by Crippen LogP contribution is -2.47. The topological polar surface area (TPSA) is 69.3 Å². The molecule has 28 heavy (non-hydrogen) atoms. The first-order valence-corrected chi connectivity index (χ1v) is 10.8. The van der Waals surface area contributed by atoms with Gasteiger partial charge in [0.1, 0.15) is 0 Å². The number of likely N-dealkylation sites (tertiary alicyclic amines) is 1. The summed E-state index contributed by atoms with van der Waals surface area (Å²) in [6, 6.07) is 2.05. The Morgan fingerprint density at radius 1 is 1.25 bits per heavy atom. The number of rotatable bonds is 5. The van der Waals surface area contributed by atoms with Crippen LogP contribution < -0.4 is 0 Å². The highest BCUT2D eigenvalue weighted by atomic mass is 16.2. The molecule has 1 N–H and O–H groups in total. The van der Waals surface area contributed by atoms with E-state index in [0.29, 0.717) is 31.8 Å². The third-order valence-corrected chi connectivity index (χ3v) is 6.24. The molecule has 2 amide bonds. The number of amides is 2. The van der Waals surface area contributed by atoms with Gasteiger partial charge in [-0.1, -0.05) is 40.0 Å². The summed E-state index contributed by atoms with van der Waals surface area (Å²) < 4.78 is 0. The lowest BCUT2D eigenvalue weighted by atomic mass is 9.87. The van der Waals surface area contributed by atoms with Gasteiger partial charge in [-0.15, -0.1) is 0 Å². The number of nitrogens with zero attached hydrogens (tertiary/aromatic N) is 3. The van der Waals surface area contributed by atoms with E-state index in [1.165, 1.54) is 32.1 Å². The van der Waals surface area contributed by atoms with Crippen molar-refractivity contribution in [2.75, 3.05) is 20.1 Å². The van der Waals surface area contributed by atoms with Crippen LogP contribution in [0.15, 0.2) is 6.07 Å². The number of aromatic nitrogens is 2. The molecule has 1 saturated carbocycles. The zero-order valence-corrected chi connectivity index (χ0v) is 18.0. The molecule has 2 fully saturated rings. The number of hydrogen-bond donors (Lipinski definition) is 1. The second-order valence-electron chi connectivity index (χ2n) is 9.76. The fourth-order valence-electron chi connectivity index (χ4n) is 4.45. The molecule has 1 aromatic heterocycles. The van der Waals surface area contributed by atoms with E-state index in [1.807, 2.05) is 18.0 Å². The molecule has 1 saturated heterocycles. The van der Waals surface area contributed by atoms with Crippen LogP contribution in [-0.2, 0) is 21.5 Å². The van der Waals surface area contributed by atoms with Gasteiger partial charge in [0.2, 0.25) is 11.8 Å². The second-order valence-corrected chi connectivity index (χ2v) is 9.76. The molecule has 2 aliphatic rings. The van der Waals surface area contributed by atoms with E-state index < -0.39 is 0 Å². The number of piperidine rings is 1. The van der Waals surface area contributed by atoms with Crippen LogP contribution in [0, 0.1) is 11.8 Å². The Hall–Kier alpha value is -1.85. The molecule has 0 radical (unpaired) electrons. The Kier molecular flexibility index (Phi) is 6.46. The quantitative estimate of drug-likeness (QED) is 0.839. The Morgan fingerprint density at radius 2 is 1.96 bits per heavy atom. The molecule has 156 valence electrons. The molecule has 3 rings (SSSR count). The van der Waals surface area contributed by atoms with E-state index in [9.17, 15) is 9.59 Å². The smallest absolute Gasteiger partial charge is 0.227 e. The van der Waals surface area contributed by atoms with Crippen LogP contribution in [0.4, 0.5) is 0 Å². The number of H-pyrrole nitrogens is 1. The maximum atomic E-state index is 13.0. The first-order chi connectivity index (χ1) is 13.2. The van der Waals surface area contributed by atoms with E-state index in [0.717, 1.165) is 17.9 Å². The zero-order chi connectivity index (χ0) is 20.3. The van der Waals surface area contributed by atoms with Gasteiger partial charge in [0.25, 0.3) is 0 Å². The molecule has 0 unspecified atom stereocenters. The predicted octanol–water partition coefficient (Wildman–Crippen LogP) is 3.48. The average molecular weight is 389 g/mol. The summed E-state index contributed by atoms with van der Waals surface area (Å²) >= 11 is 0. The molecular weight excluding hydrogens is 352 g/mol. The average Bonchev–Trinajstić information content (AvgIpc) is 3.13. The van der Waals surface area contributed by atoms with Crippen LogP contribution in [0.3, 0.4) is 0 Å². The van der Waals surface area contributed by atoms with E-state index in [1.54, 1.807) is 4.90 Å². The summed E-state index contributed by atoms with van der Waals surface area (Å²) in [5.41, 5.74) is 1.94. The first kappa shape index (κ1) is 20.9. The van der Waals surface area contributed by atoms with Crippen LogP contribution >= 0.6 is 0 Å². The minimum Gasteiger partial charge on any atom is -0.342 e. The molecule has 0 aromatic carbocycles. The third kappa shape index (κ3) is 5.15. The van der Waals surface area contributed by atoms with Gasteiger partial charge < -0.3 is 9.80 Å². The predicted molar refractivity (Wildman–Crippen MR) is 110 cm³/mol. The number of nitrogens with one attached hydrogen (secondary N) is 1. The molecule has 2 heterocycles. The van der Waals surface area contributed by atoms with Crippen molar-refractivity contribution in [2.45, 2.75) is 77.7 Å². The molecule has 1 aliphatic carbocycles. The molecule has 1 aliphatic heterocycles. The van der Waals surface area contributed by atoms with E-state index in [2.05, 4.69) is 31.0 Å². The number of carbonyl (C=O) groups is 2.